The summed E-state index contributed by atoms with van der Waals surface area (Å²) in [6.45, 7) is 1.97. The summed E-state index contributed by atoms with van der Waals surface area (Å²) in [6.07, 6.45) is 4.83. The molecule has 0 N–H and O–H groups in total. The van der Waals surface area contributed by atoms with Gasteiger partial charge in [-0.05, 0) is 48.7 Å². The van der Waals surface area contributed by atoms with Gasteiger partial charge in [0.2, 0.25) is 0 Å². The quantitative estimate of drug-likeness (QED) is 0.796. The molecule has 14 heavy (non-hydrogen) atoms. The van der Waals surface area contributed by atoms with Crippen LogP contribution in [0, 0.1) is 3.57 Å². The van der Waals surface area contributed by atoms with E-state index in [2.05, 4.69) is 39.5 Å². The first-order chi connectivity index (χ1) is 6.75. The number of rotatable bonds is 3. The Morgan fingerprint density at radius 3 is 3.07 bits per heavy atom. The van der Waals surface area contributed by atoms with Crippen LogP contribution >= 0.6 is 22.6 Å². The first-order valence-corrected chi connectivity index (χ1v) is 5.77. The van der Waals surface area contributed by atoms with Gasteiger partial charge in [0.15, 0.2) is 0 Å². The summed E-state index contributed by atoms with van der Waals surface area (Å²) in [5.41, 5.74) is 0. The number of hydrogen-bond donors (Lipinski definition) is 0. The number of halogens is 1. The Morgan fingerprint density at radius 1 is 1.64 bits per heavy atom. The normalized spacial score (nSPS) is 21.7. The third-order valence-corrected chi connectivity index (χ3v) is 3.15. The fourth-order valence-corrected chi connectivity index (χ4v) is 1.91. The molecule has 0 saturated carbocycles. The van der Waals surface area contributed by atoms with Crippen LogP contribution in [0.3, 0.4) is 0 Å². The molecule has 1 fully saturated rings. The Labute approximate surface area is 97.6 Å². The van der Waals surface area contributed by atoms with Gasteiger partial charge in [-0.2, -0.15) is 0 Å². The van der Waals surface area contributed by atoms with Gasteiger partial charge in [-0.15, -0.1) is 0 Å². The molecule has 2 rings (SSSR count). The predicted octanol–water partition coefficient (Wildman–Crippen LogP) is 1.77. The summed E-state index contributed by atoms with van der Waals surface area (Å²) in [6, 6.07) is 2.60. The zero-order chi connectivity index (χ0) is 9.97. The molecule has 0 aromatic carbocycles. The second kappa shape index (κ2) is 4.44. The van der Waals surface area contributed by atoms with Gasteiger partial charge < -0.3 is 4.74 Å². The van der Waals surface area contributed by atoms with E-state index in [1.807, 2.05) is 12.3 Å². The number of nitrogens with zero attached hydrogens (tertiary/aromatic N) is 2. The van der Waals surface area contributed by atoms with Crippen LogP contribution in [0.1, 0.15) is 6.42 Å². The van der Waals surface area contributed by atoms with Gasteiger partial charge in [0.05, 0.1) is 6.20 Å². The summed E-state index contributed by atoms with van der Waals surface area (Å²) in [5.74, 6) is 0.872. The molecule has 1 aliphatic rings. The highest BCUT2D eigenvalue weighted by atomic mass is 125. The first-order valence-electron chi connectivity index (χ1n) is 4.69. The van der Waals surface area contributed by atoms with Gasteiger partial charge in [0.1, 0.15) is 12.4 Å². The van der Waals surface area contributed by atoms with E-state index in [0.29, 0.717) is 6.04 Å². The molecule has 2 heterocycles. The molecule has 1 aromatic rings. The first kappa shape index (κ1) is 10.2. The van der Waals surface area contributed by atoms with Gasteiger partial charge >= 0.3 is 0 Å². The average molecular weight is 302 g/mol. The molecule has 0 radical (unpaired) electrons. The molecular formula is C10H13IN2O. The minimum atomic E-state index is 0.591. The largest absolute Gasteiger partial charge is 0.490 e. The van der Waals surface area contributed by atoms with Gasteiger partial charge in [-0.25, -0.2) is 0 Å². The van der Waals surface area contributed by atoms with Gasteiger partial charge in [-0.1, -0.05) is 0 Å². The third kappa shape index (κ3) is 2.36. The lowest BCUT2D eigenvalue weighted by atomic mass is 10.1. The number of ether oxygens (including phenoxy) is 1. The Hall–Kier alpha value is -0.360. The highest BCUT2D eigenvalue weighted by Crippen LogP contribution is 2.17. The standard InChI is InChI=1S/C10H13IN2O/c1-13-3-2-9(13)7-14-10-4-8(11)5-12-6-10/h4-6,9H,2-3,7H2,1H3/t9-/m0/s1/i11-2. The second-order valence-electron chi connectivity index (χ2n) is 3.57. The Kier molecular flexibility index (Phi) is 3.22. The maximum Gasteiger partial charge on any atom is 0.138 e. The fourth-order valence-electron chi connectivity index (χ4n) is 1.44. The van der Waals surface area contributed by atoms with Crippen molar-refractivity contribution in [2.75, 3.05) is 20.2 Å². The van der Waals surface area contributed by atoms with E-state index in [-0.39, 0.29) is 0 Å². The molecule has 1 aliphatic heterocycles. The van der Waals surface area contributed by atoms with E-state index in [4.69, 9.17) is 4.74 Å². The molecule has 0 unspecified atom stereocenters. The zero-order valence-electron chi connectivity index (χ0n) is 8.11. The number of pyridine rings is 1. The van der Waals surface area contributed by atoms with E-state index >= 15 is 0 Å². The highest BCUT2D eigenvalue weighted by Gasteiger charge is 2.24. The van der Waals surface area contributed by atoms with Crippen molar-refractivity contribution >= 4 is 22.6 Å². The lowest BCUT2D eigenvalue weighted by Crippen LogP contribution is -2.48. The minimum absolute atomic E-state index is 0.591. The van der Waals surface area contributed by atoms with Crippen molar-refractivity contribution in [1.29, 1.82) is 0 Å². The summed E-state index contributed by atoms with van der Waals surface area (Å²) in [5, 5.41) is 0. The molecule has 4 heteroatoms. The topological polar surface area (TPSA) is 25.4 Å². The minimum Gasteiger partial charge on any atom is -0.490 e. The number of aromatic nitrogens is 1. The zero-order valence-corrected chi connectivity index (χ0v) is 10.3. The Bertz CT molecular complexity index is 319. The lowest BCUT2D eigenvalue weighted by Gasteiger charge is -2.37. The maximum absolute atomic E-state index is 5.65. The third-order valence-electron chi connectivity index (χ3n) is 2.56. The fraction of sp³-hybridized carbons (Fsp3) is 0.500. The summed E-state index contributed by atoms with van der Waals surface area (Å²) in [7, 11) is 2.13. The molecule has 1 atom stereocenters. The molecule has 0 amide bonds. The molecule has 1 aromatic heterocycles. The van der Waals surface area contributed by atoms with Crippen LogP contribution in [0.25, 0.3) is 0 Å². The van der Waals surface area contributed by atoms with E-state index in [1.165, 1.54) is 13.0 Å². The Balaban J connectivity index is 1.85. The van der Waals surface area contributed by atoms with Crippen LogP contribution < -0.4 is 4.74 Å². The van der Waals surface area contributed by atoms with Crippen LogP contribution in [0.2, 0.25) is 0 Å². The van der Waals surface area contributed by atoms with Crippen molar-refractivity contribution in [3.8, 4) is 5.75 Å². The van der Waals surface area contributed by atoms with Gasteiger partial charge in [-0.3, -0.25) is 9.88 Å². The van der Waals surface area contributed by atoms with E-state index < -0.39 is 0 Å². The molecule has 0 aliphatic carbocycles. The summed E-state index contributed by atoms with van der Waals surface area (Å²) >= 11 is 2.24. The monoisotopic (exact) mass is 302 g/mol. The van der Waals surface area contributed by atoms with Crippen molar-refractivity contribution < 1.29 is 4.74 Å². The summed E-state index contributed by atoms with van der Waals surface area (Å²) < 4.78 is 6.77. The molecule has 0 spiro atoms. The molecule has 1 saturated heterocycles. The van der Waals surface area contributed by atoms with Crippen LogP contribution in [0.15, 0.2) is 18.5 Å². The SMILES string of the molecule is CN1CC[C@H]1COc1cncc([125I])c1. The highest BCUT2D eigenvalue weighted by molar-refractivity contribution is 14.1. The number of likely N-dealkylation sites (N-methyl/N-ethyl adjacent to an activating group) is 1. The maximum atomic E-state index is 5.65. The molecule has 0 bridgehead atoms. The van der Waals surface area contributed by atoms with Crippen molar-refractivity contribution in [1.82, 2.24) is 9.88 Å². The molecule has 3 nitrogen and oxygen atoms in total. The van der Waals surface area contributed by atoms with Crippen molar-refractivity contribution in [3.63, 3.8) is 0 Å². The number of likely N-dealkylation sites (tertiary alicyclic amines) is 1. The van der Waals surface area contributed by atoms with E-state index in [9.17, 15) is 0 Å². The Morgan fingerprint density at radius 2 is 2.50 bits per heavy atom. The molecule has 76 valence electrons. The lowest BCUT2D eigenvalue weighted by molar-refractivity contribution is 0.0767. The predicted molar refractivity (Wildman–Crippen MR) is 63.5 cm³/mol. The van der Waals surface area contributed by atoms with Crippen LogP contribution in [0.4, 0.5) is 0 Å². The molecular weight excluding hydrogens is 289 g/mol. The summed E-state index contributed by atoms with van der Waals surface area (Å²) in [4.78, 5) is 6.39. The van der Waals surface area contributed by atoms with Gasteiger partial charge in [0.25, 0.3) is 0 Å². The smallest absolute Gasteiger partial charge is 0.138 e. The van der Waals surface area contributed by atoms with E-state index in [0.717, 1.165) is 15.9 Å². The van der Waals surface area contributed by atoms with Crippen LogP contribution in [-0.2, 0) is 0 Å². The van der Waals surface area contributed by atoms with Crippen LogP contribution in [-0.4, -0.2) is 36.1 Å². The van der Waals surface area contributed by atoms with Crippen molar-refractivity contribution in [2.24, 2.45) is 0 Å². The van der Waals surface area contributed by atoms with Gasteiger partial charge in [0, 0.05) is 15.8 Å². The van der Waals surface area contributed by atoms with Crippen molar-refractivity contribution in [3.05, 3.63) is 22.0 Å². The average Bonchev–Trinajstić information content (AvgIpc) is 2.16. The number of hydrogen-bond acceptors (Lipinski definition) is 3. The van der Waals surface area contributed by atoms with Crippen LogP contribution in [0.5, 0.6) is 5.75 Å². The van der Waals surface area contributed by atoms with E-state index in [1.54, 1.807) is 6.20 Å². The second-order valence-corrected chi connectivity index (χ2v) is 4.82. The van der Waals surface area contributed by atoms with Crippen molar-refractivity contribution in [2.45, 2.75) is 12.5 Å².